The highest BCUT2D eigenvalue weighted by Crippen LogP contribution is 1.95. The van der Waals surface area contributed by atoms with Crippen LogP contribution in [0.2, 0.25) is 0 Å². The first-order valence-electron chi connectivity index (χ1n) is 7.26. The van der Waals surface area contributed by atoms with Gasteiger partial charge in [-0.2, -0.15) is 0 Å². The second-order valence-electron chi connectivity index (χ2n) is 5.64. The molecule has 0 aromatic heterocycles. The molecule has 0 saturated heterocycles. The molecule has 6 heteroatoms. The zero-order valence-corrected chi connectivity index (χ0v) is 13.3. The fourth-order valence-corrected chi connectivity index (χ4v) is 1.63. The Bertz CT molecular complexity index is 295. The van der Waals surface area contributed by atoms with Gasteiger partial charge in [-0.05, 0) is 25.9 Å². The Kier molecular flexibility index (Phi) is 10.0. The minimum atomic E-state index is 0.00475. The third-order valence-electron chi connectivity index (χ3n) is 2.95. The molecule has 0 rings (SSSR count). The fourth-order valence-electron chi connectivity index (χ4n) is 1.63. The van der Waals surface area contributed by atoms with Crippen LogP contribution >= 0.6 is 0 Å². The smallest absolute Gasteiger partial charge is 0.234 e. The first-order valence-corrected chi connectivity index (χ1v) is 7.26. The van der Waals surface area contributed by atoms with Gasteiger partial charge in [0, 0.05) is 33.1 Å². The van der Waals surface area contributed by atoms with Crippen LogP contribution in [0, 0.1) is 5.92 Å². The maximum absolute atomic E-state index is 11.8. The number of hydrogen-bond donors (Lipinski definition) is 2. The number of rotatable bonds is 10. The largest absolute Gasteiger partial charge is 0.355 e. The summed E-state index contributed by atoms with van der Waals surface area (Å²) in [6.45, 7) is 6.99. The molecule has 0 heterocycles. The summed E-state index contributed by atoms with van der Waals surface area (Å²) in [6, 6.07) is 0. The summed E-state index contributed by atoms with van der Waals surface area (Å²) in [6.07, 6.45) is 1.24. The van der Waals surface area contributed by atoms with E-state index in [1.807, 2.05) is 11.9 Å². The average Bonchev–Trinajstić information content (AvgIpc) is 2.39. The van der Waals surface area contributed by atoms with E-state index in [1.54, 1.807) is 11.9 Å². The van der Waals surface area contributed by atoms with E-state index < -0.39 is 0 Å². The number of likely N-dealkylation sites (N-methyl/N-ethyl adjacent to an activating group) is 1. The Balaban J connectivity index is 3.83. The molecule has 6 nitrogen and oxygen atoms in total. The molecule has 0 aliphatic heterocycles. The van der Waals surface area contributed by atoms with Crippen molar-refractivity contribution in [3.8, 4) is 0 Å². The number of hydrogen-bond acceptors (Lipinski definition) is 4. The van der Waals surface area contributed by atoms with Gasteiger partial charge in [0.25, 0.3) is 0 Å². The van der Waals surface area contributed by atoms with E-state index >= 15 is 0 Å². The summed E-state index contributed by atoms with van der Waals surface area (Å²) in [4.78, 5) is 27.0. The summed E-state index contributed by atoms with van der Waals surface area (Å²) in [5.74, 6) is 0.542. The van der Waals surface area contributed by atoms with Gasteiger partial charge in [0.05, 0.1) is 6.54 Å². The molecular weight excluding hydrogens is 256 g/mol. The molecule has 0 aliphatic rings. The van der Waals surface area contributed by atoms with Crippen molar-refractivity contribution in [2.24, 2.45) is 11.7 Å². The van der Waals surface area contributed by atoms with E-state index in [2.05, 4.69) is 19.2 Å². The van der Waals surface area contributed by atoms with Gasteiger partial charge in [0.15, 0.2) is 0 Å². The highest BCUT2D eigenvalue weighted by molar-refractivity contribution is 5.78. The molecule has 0 aliphatic carbocycles. The molecule has 20 heavy (non-hydrogen) atoms. The van der Waals surface area contributed by atoms with Gasteiger partial charge in [-0.3, -0.25) is 14.5 Å². The van der Waals surface area contributed by atoms with Crippen LogP contribution in [0.15, 0.2) is 0 Å². The molecule has 0 spiro atoms. The molecule has 0 saturated carbocycles. The summed E-state index contributed by atoms with van der Waals surface area (Å²) < 4.78 is 0. The zero-order chi connectivity index (χ0) is 15.5. The monoisotopic (exact) mass is 286 g/mol. The van der Waals surface area contributed by atoms with Crippen molar-refractivity contribution in [2.45, 2.75) is 26.7 Å². The van der Waals surface area contributed by atoms with Crippen molar-refractivity contribution in [3.63, 3.8) is 0 Å². The van der Waals surface area contributed by atoms with Crippen LogP contribution in [0.4, 0.5) is 0 Å². The van der Waals surface area contributed by atoms with Crippen molar-refractivity contribution in [1.82, 2.24) is 15.1 Å². The molecule has 118 valence electrons. The fraction of sp³-hybridized carbons (Fsp3) is 0.857. The highest BCUT2D eigenvalue weighted by Gasteiger charge is 2.11. The number of carbonyl (C=O) groups is 2. The quantitative estimate of drug-likeness (QED) is 0.587. The molecule has 0 radical (unpaired) electrons. The van der Waals surface area contributed by atoms with Gasteiger partial charge in [0.2, 0.25) is 11.8 Å². The summed E-state index contributed by atoms with van der Waals surface area (Å²) in [5, 5.41) is 2.86. The molecule has 2 amide bonds. The maximum atomic E-state index is 11.8. The Morgan fingerprint density at radius 3 is 2.40 bits per heavy atom. The average molecular weight is 286 g/mol. The third kappa shape index (κ3) is 9.75. The first-order chi connectivity index (χ1) is 9.36. The third-order valence-corrected chi connectivity index (χ3v) is 2.95. The predicted molar refractivity (Wildman–Crippen MR) is 81.3 cm³/mol. The van der Waals surface area contributed by atoms with Crippen molar-refractivity contribution in [1.29, 1.82) is 0 Å². The molecule has 0 unspecified atom stereocenters. The standard InChI is InChI=1S/C14H30N4O2/c1-12(2)10-16-13(19)11-17(3)9-6-14(20)18(4)8-5-7-15/h12H,5-11,15H2,1-4H3,(H,16,19). The lowest BCUT2D eigenvalue weighted by Crippen LogP contribution is -2.38. The van der Waals surface area contributed by atoms with Crippen molar-refractivity contribution >= 4 is 11.8 Å². The summed E-state index contributed by atoms with van der Waals surface area (Å²) >= 11 is 0. The highest BCUT2D eigenvalue weighted by atomic mass is 16.2. The molecular formula is C14H30N4O2. The molecule has 3 N–H and O–H groups in total. The van der Waals surface area contributed by atoms with Gasteiger partial charge in [-0.15, -0.1) is 0 Å². The van der Waals surface area contributed by atoms with Gasteiger partial charge in [-0.1, -0.05) is 13.8 Å². The van der Waals surface area contributed by atoms with E-state index in [1.165, 1.54) is 0 Å². The first kappa shape index (κ1) is 18.9. The lowest BCUT2D eigenvalue weighted by molar-refractivity contribution is -0.130. The minimum absolute atomic E-state index is 0.00475. The topological polar surface area (TPSA) is 78.7 Å². The summed E-state index contributed by atoms with van der Waals surface area (Å²) in [7, 11) is 3.63. The predicted octanol–water partition coefficient (Wildman–Crippen LogP) is -0.112. The van der Waals surface area contributed by atoms with E-state index in [-0.39, 0.29) is 11.8 Å². The normalized spacial score (nSPS) is 10.9. The van der Waals surface area contributed by atoms with Crippen LogP contribution in [-0.2, 0) is 9.59 Å². The number of nitrogens with two attached hydrogens (primary N) is 1. The Morgan fingerprint density at radius 1 is 1.20 bits per heavy atom. The lowest BCUT2D eigenvalue weighted by Gasteiger charge is -2.20. The SMILES string of the molecule is CC(C)CNC(=O)CN(C)CCC(=O)N(C)CCCN. The van der Waals surface area contributed by atoms with Gasteiger partial charge >= 0.3 is 0 Å². The van der Waals surface area contributed by atoms with Crippen LogP contribution in [-0.4, -0.2) is 68.4 Å². The van der Waals surface area contributed by atoms with E-state index in [0.717, 1.165) is 6.42 Å². The van der Waals surface area contributed by atoms with Crippen LogP contribution in [0.3, 0.4) is 0 Å². The van der Waals surface area contributed by atoms with E-state index in [4.69, 9.17) is 5.73 Å². The van der Waals surface area contributed by atoms with Crippen LogP contribution < -0.4 is 11.1 Å². The zero-order valence-electron chi connectivity index (χ0n) is 13.3. The molecule has 0 aromatic carbocycles. The summed E-state index contributed by atoms with van der Waals surface area (Å²) in [5.41, 5.74) is 5.41. The minimum Gasteiger partial charge on any atom is -0.355 e. The van der Waals surface area contributed by atoms with Crippen LogP contribution in [0.5, 0.6) is 0 Å². The van der Waals surface area contributed by atoms with Crippen LogP contribution in [0.25, 0.3) is 0 Å². The van der Waals surface area contributed by atoms with E-state index in [0.29, 0.717) is 45.1 Å². The van der Waals surface area contributed by atoms with Crippen molar-refractivity contribution in [2.75, 3.05) is 46.8 Å². The van der Waals surface area contributed by atoms with Crippen LogP contribution in [0.1, 0.15) is 26.7 Å². The van der Waals surface area contributed by atoms with Gasteiger partial charge in [-0.25, -0.2) is 0 Å². The lowest BCUT2D eigenvalue weighted by atomic mass is 10.2. The molecule has 0 atom stereocenters. The second-order valence-corrected chi connectivity index (χ2v) is 5.64. The Hall–Kier alpha value is -1.14. The Labute approximate surface area is 122 Å². The molecule has 0 bridgehead atoms. The van der Waals surface area contributed by atoms with Crippen molar-refractivity contribution in [3.05, 3.63) is 0 Å². The number of nitrogens with one attached hydrogen (secondary N) is 1. The number of carbonyl (C=O) groups excluding carboxylic acids is 2. The maximum Gasteiger partial charge on any atom is 0.234 e. The van der Waals surface area contributed by atoms with Gasteiger partial charge < -0.3 is 16.0 Å². The van der Waals surface area contributed by atoms with Gasteiger partial charge in [0.1, 0.15) is 0 Å². The second kappa shape index (κ2) is 10.6. The van der Waals surface area contributed by atoms with E-state index in [9.17, 15) is 9.59 Å². The number of nitrogens with zero attached hydrogens (tertiary/aromatic N) is 2. The molecule has 0 aromatic rings. The molecule has 0 fully saturated rings. The number of amides is 2. The van der Waals surface area contributed by atoms with Crippen molar-refractivity contribution < 1.29 is 9.59 Å². The Morgan fingerprint density at radius 2 is 1.85 bits per heavy atom.